The molecule has 0 aliphatic heterocycles. The molecule has 0 atom stereocenters. The van der Waals surface area contributed by atoms with Gasteiger partial charge in [-0.3, -0.25) is 9.59 Å². The number of para-hydroxylation sites is 1. The number of hydrogen-bond acceptors (Lipinski definition) is 4. The first kappa shape index (κ1) is 22.4. The van der Waals surface area contributed by atoms with Crippen molar-refractivity contribution in [1.82, 2.24) is 5.32 Å². The highest BCUT2D eigenvalue weighted by Gasteiger charge is 2.07. The van der Waals surface area contributed by atoms with Crippen LogP contribution in [0.5, 0.6) is 5.75 Å². The summed E-state index contributed by atoms with van der Waals surface area (Å²) >= 11 is 5.19. The van der Waals surface area contributed by atoms with Crippen LogP contribution in [0.15, 0.2) is 54.6 Å². The molecule has 0 radical (unpaired) electrons. The van der Waals surface area contributed by atoms with Crippen LogP contribution in [0.25, 0.3) is 0 Å². The molecule has 0 heterocycles. The summed E-state index contributed by atoms with van der Waals surface area (Å²) in [6, 6.07) is 16.2. The lowest BCUT2D eigenvalue weighted by Crippen LogP contribution is -2.33. The Labute approximate surface area is 177 Å². The topological polar surface area (TPSA) is 79.5 Å². The smallest absolute Gasteiger partial charge is 0.262 e. The molecule has 2 aromatic carbocycles. The molecule has 29 heavy (non-hydrogen) atoms. The van der Waals surface area contributed by atoms with Gasteiger partial charge in [0.15, 0.2) is 11.7 Å². The van der Waals surface area contributed by atoms with Gasteiger partial charge in [0.2, 0.25) is 5.91 Å². The quantitative estimate of drug-likeness (QED) is 0.395. The Kier molecular flexibility index (Phi) is 9.65. The normalized spacial score (nSPS) is 10.1. The Balaban J connectivity index is 1.77. The van der Waals surface area contributed by atoms with Crippen molar-refractivity contribution >= 4 is 40.5 Å². The Morgan fingerprint density at radius 3 is 2.34 bits per heavy atom. The monoisotopic (exact) mass is 413 g/mol. The highest BCUT2D eigenvalue weighted by atomic mass is 32.1. The van der Waals surface area contributed by atoms with Crippen LogP contribution in [0.1, 0.15) is 39.0 Å². The maximum atomic E-state index is 12.1. The number of hydrogen-bond donors (Lipinski definition) is 3. The molecule has 7 heteroatoms. The molecule has 0 saturated heterocycles. The lowest BCUT2D eigenvalue weighted by molar-refractivity contribution is -0.120. The molecule has 3 N–H and O–H groups in total. The van der Waals surface area contributed by atoms with E-state index in [1.807, 2.05) is 18.2 Å². The fourth-order valence-corrected chi connectivity index (χ4v) is 2.83. The maximum absolute atomic E-state index is 12.1. The van der Waals surface area contributed by atoms with Crippen LogP contribution in [0.2, 0.25) is 0 Å². The summed E-state index contributed by atoms with van der Waals surface area (Å²) in [5.74, 6) is 0.268. The number of unbranched alkanes of at least 4 members (excludes halogenated alkanes) is 3. The van der Waals surface area contributed by atoms with Gasteiger partial charge in [-0.15, -0.1) is 0 Å². The minimum absolute atomic E-state index is 0.0891. The zero-order valence-corrected chi connectivity index (χ0v) is 17.4. The largest absolute Gasteiger partial charge is 0.484 e. The van der Waals surface area contributed by atoms with Crippen molar-refractivity contribution < 1.29 is 14.3 Å². The molecule has 0 aliphatic carbocycles. The number of anilines is 2. The highest BCUT2D eigenvalue weighted by Crippen LogP contribution is 2.15. The third-order valence-electron chi connectivity index (χ3n) is 4.03. The van der Waals surface area contributed by atoms with E-state index < -0.39 is 0 Å². The van der Waals surface area contributed by atoms with Crippen molar-refractivity contribution in [3.8, 4) is 5.75 Å². The van der Waals surface area contributed by atoms with Crippen LogP contribution in [-0.4, -0.2) is 23.5 Å². The standard InChI is InChI=1S/C22H27N3O3S/c1-2-3-4-8-14-20(26)25-22(29)24-18-11-9-10-17(15-18)23-21(27)16-28-19-12-6-5-7-13-19/h5-7,9-13,15H,2-4,8,14,16H2,1H3,(H,23,27)(H2,24,25,26,29). The van der Waals surface area contributed by atoms with E-state index in [-0.39, 0.29) is 23.5 Å². The second-order valence-corrected chi connectivity index (χ2v) is 6.95. The van der Waals surface area contributed by atoms with Crippen molar-refractivity contribution in [2.24, 2.45) is 0 Å². The average Bonchev–Trinajstić information content (AvgIpc) is 2.70. The third kappa shape index (κ3) is 9.21. The van der Waals surface area contributed by atoms with Gasteiger partial charge in [-0.2, -0.15) is 0 Å². The van der Waals surface area contributed by atoms with Crippen LogP contribution >= 0.6 is 12.2 Å². The number of nitrogens with one attached hydrogen (secondary N) is 3. The Bertz CT molecular complexity index is 812. The molecule has 2 aromatic rings. The maximum Gasteiger partial charge on any atom is 0.262 e. The molecule has 2 rings (SSSR count). The fourth-order valence-electron chi connectivity index (χ4n) is 2.60. The lowest BCUT2D eigenvalue weighted by atomic mass is 10.1. The number of ether oxygens (including phenoxy) is 1. The first-order chi connectivity index (χ1) is 14.1. The zero-order valence-electron chi connectivity index (χ0n) is 16.6. The highest BCUT2D eigenvalue weighted by molar-refractivity contribution is 7.80. The summed E-state index contributed by atoms with van der Waals surface area (Å²) in [4.78, 5) is 24.0. The molecule has 154 valence electrons. The van der Waals surface area contributed by atoms with Crippen LogP contribution in [0.4, 0.5) is 11.4 Å². The number of carbonyl (C=O) groups is 2. The third-order valence-corrected chi connectivity index (χ3v) is 4.23. The van der Waals surface area contributed by atoms with Gasteiger partial charge in [0.25, 0.3) is 5.91 Å². The number of rotatable bonds is 10. The van der Waals surface area contributed by atoms with Crippen LogP contribution in [-0.2, 0) is 9.59 Å². The van der Waals surface area contributed by atoms with Gasteiger partial charge < -0.3 is 20.7 Å². The number of amides is 2. The minimum Gasteiger partial charge on any atom is -0.484 e. The number of carbonyl (C=O) groups excluding carboxylic acids is 2. The first-order valence-electron chi connectivity index (χ1n) is 9.75. The van der Waals surface area contributed by atoms with E-state index in [0.717, 1.165) is 25.7 Å². The van der Waals surface area contributed by atoms with E-state index >= 15 is 0 Å². The van der Waals surface area contributed by atoms with Gasteiger partial charge in [-0.05, 0) is 49.0 Å². The molecular weight excluding hydrogens is 386 g/mol. The van der Waals surface area contributed by atoms with Crippen molar-refractivity contribution in [2.45, 2.75) is 39.0 Å². The molecule has 0 aromatic heterocycles. The van der Waals surface area contributed by atoms with Gasteiger partial charge in [-0.1, -0.05) is 50.5 Å². The molecular formula is C22H27N3O3S. The van der Waals surface area contributed by atoms with Crippen molar-refractivity contribution in [2.75, 3.05) is 17.2 Å². The summed E-state index contributed by atoms with van der Waals surface area (Å²) in [5, 5.41) is 8.65. The average molecular weight is 414 g/mol. The Hall–Kier alpha value is -2.93. The second-order valence-electron chi connectivity index (χ2n) is 6.54. The van der Waals surface area contributed by atoms with E-state index in [2.05, 4.69) is 22.9 Å². The Morgan fingerprint density at radius 2 is 1.62 bits per heavy atom. The molecule has 2 amide bonds. The minimum atomic E-state index is -0.269. The zero-order chi connectivity index (χ0) is 20.9. The van der Waals surface area contributed by atoms with Crippen molar-refractivity contribution in [1.29, 1.82) is 0 Å². The number of thiocarbonyl (C=S) groups is 1. The van der Waals surface area contributed by atoms with Gasteiger partial charge in [0.1, 0.15) is 5.75 Å². The molecule has 0 bridgehead atoms. The summed E-state index contributed by atoms with van der Waals surface area (Å²) in [6.45, 7) is 2.04. The van der Waals surface area contributed by atoms with Crippen LogP contribution < -0.4 is 20.7 Å². The van der Waals surface area contributed by atoms with E-state index in [9.17, 15) is 9.59 Å². The Morgan fingerprint density at radius 1 is 0.897 bits per heavy atom. The predicted molar refractivity (Wildman–Crippen MR) is 120 cm³/mol. The fraction of sp³-hybridized carbons (Fsp3) is 0.318. The number of benzene rings is 2. The van der Waals surface area contributed by atoms with Gasteiger partial charge in [0, 0.05) is 17.8 Å². The van der Waals surface area contributed by atoms with Gasteiger partial charge in [-0.25, -0.2) is 0 Å². The van der Waals surface area contributed by atoms with E-state index in [0.29, 0.717) is 23.5 Å². The summed E-state index contributed by atoms with van der Waals surface area (Å²) in [7, 11) is 0. The molecule has 6 nitrogen and oxygen atoms in total. The summed E-state index contributed by atoms with van der Waals surface area (Å²) in [6.07, 6.45) is 4.62. The van der Waals surface area contributed by atoms with Crippen LogP contribution in [0, 0.1) is 0 Å². The molecule has 0 spiro atoms. The second kappa shape index (κ2) is 12.5. The first-order valence-corrected chi connectivity index (χ1v) is 10.2. The van der Waals surface area contributed by atoms with Gasteiger partial charge in [0.05, 0.1) is 0 Å². The molecule has 0 saturated carbocycles. The molecule has 0 aliphatic rings. The summed E-state index contributed by atoms with van der Waals surface area (Å²) in [5.41, 5.74) is 1.27. The van der Waals surface area contributed by atoms with Crippen molar-refractivity contribution in [3.05, 3.63) is 54.6 Å². The summed E-state index contributed by atoms with van der Waals surface area (Å²) < 4.78 is 5.43. The van der Waals surface area contributed by atoms with E-state index in [1.165, 1.54) is 0 Å². The van der Waals surface area contributed by atoms with Crippen molar-refractivity contribution in [3.63, 3.8) is 0 Å². The van der Waals surface area contributed by atoms with E-state index in [1.54, 1.807) is 36.4 Å². The molecule has 0 fully saturated rings. The SMILES string of the molecule is CCCCCCC(=O)NC(=S)Nc1cccc(NC(=O)COc2ccccc2)c1. The predicted octanol–water partition coefficient (Wildman–Crippen LogP) is 4.49. The van der Waals surface area contributed by atoms with E-state index in [4.69, 9.17) is 17.0 Å². The van der Waals surface area contributed by atoms with Gasteiger partial charge >= 0.3 is 0 Å². The lowest BCUT2D eigenvalue weighted by Gasteiger charge is -2.12. The van der Waals surface area contributed by atoms with Crippen LogP contribution in [0.3, 0.4) is 0 Å². The molecule has 0 unspecified atom stereocenters.